The number of likely N-dealkylation sites (tertiary alicyclic amines) is 1. The molecule has 0 N–H and O–H groups in total. The predicted octanol–water partition coefficient (Wildman–Crippen LogP) is 2.88. The molecule has 6 nitrogen and oxygen atoms in total. The molecule has 0 radical (unpaired) electrons. The number of aryl methyl sites for hydroxylation is 2. The largest absolute Gasteiger partial charge is 0.337 e. The fourth-order valence-corrected chi connectivity index (χ4v) is 3.90. The Kier molecular flexibility index (Phi) is 4.09. The average molecular weight is 353 g/mol. The van der Waals surface area contributed by atoms with Crippen LogP contribution in [0.1, 0.15) is 33.5 Å². The van der Waals surface area contributed by atoms with Crippen LogP contribution < -0.4 is 0 Å². The van der Waals surface area contributed by atoms with Gasteiger partial charge in [-0.15, -0.1) is 11.3 Å². The molecule has 1 aliphatic rings. The van der Waals surface area contributed by atoms with Crippen LogP contribution in [0.5, 0.6) is 0 Å². The number of carbonyl (C=O) groups excluding carboxylic acids is 1. The topological polar surface area (TPSA) is 63.9 Å². The minimum Gasteiger partial charge on any atom is -0.337 e. The number of thiophene rings is 1. The standard InChI is InChI=1S/C18H19N5OS/c1-12-10-14(17-19-6-8-22(17)2)21-16(20-12)13-5-7-23(11-13)18(24)15-4-3-9-25-15/h3-4,6,8-10,13H,5,7,11H2,1-2H3. The molecule has 0 saturated carbocycles. The summed E-state index contributed by atoms with van der Waals surface area (Å²) in [6, 6.07) is 5.74. The molecular weight excluding hydrogens is 334 g/mol. The minimum atomic E-state index is 0.106. The van der Waals surface area contributed by atoms with E-state index in [0.29, 0.717) is 6.54 Å². The van der Waals surface area contributed by atoms with Gasteiger partial charge in [0.25, 0.3) is 5.91 Å². The summed E-state index contributed by atoms with van der Waals surface area (Å²) in [5, 5.41) is 1.93. The van der Waals surface area contributed by atoms with Gasteiger partial charge in [-0.3, -0.25) is 4.79 Å². The van der Waals surface area contributed by atoms with Crippen molar-refractivity contribution in [3.05, 3.63) is 52.4 Å². The Morgan fingerprint density at radius 2 is 2.24 bits per heavy atom. The lowest BCUT2D eigenvalue weighted by molar-refractivity contribution is 0.0795. The Hall–Kier alpha value is -2.54. The number of nitrogens with zero attached hydrogens (tertiary/aromatic N) is 5. The van der Waals surface area contributed by atoms with E-state index in [2.05, 4.69) is 9.97 Å². The molecule has 3 aromatic rings. The molecule has 4 heterocycles. The lowest BCUT2D eigenvalue weighted by atomic mass is 10.1. The summed E-state index contributed by atoms with van der Waals surface area (Å²) in [6.07, 6.45) is 4.56. The van der Waals surface area contributed by atoms with Crippen molar-refractivity contribution >= 4 is 17.2 Å². The maximum absolute atomic E-state index is 12.5. The number of imidazole rings is 1. The summed E-state index contributed by atoms with van der Waals surface area (Å²) < 4.78 is 1.95. The lowest BCUT2D eigenvalue weighted by Gasteiger charge is -2.15. The van der Waals surface area contributed by atoms with E-state index in [1.165, 1.54) is 11.3 Å². The maximum atomic E-state index is 12.5. The first-order chi connectivity index (χ1) is 12.1. The second kappa shape index (κ2) is 6.40. The first-order valence-electron chi connectivity index (χ1n) is 8.28. The fourth-order valence-electron chi connectivity index (χ4n) is 3.21. The zero-order valence-corrected chi connectivity index (χ0v) is 15.0. The average Bonchev–Trinajstić information content (AvgIpc) is 3.35. The Bertz CT molecular complexity index is 902. The Morgan fingerprint density at radius 3 is 2.96 bits per heavy atom. The van der Waals surface area contributed by atoms with Gasteiger partial charge in [-0.2, -0.15) is 0 Å². The van der Waals surface area contributed by atoms with Crippen LogP contribution >= 0.6 is 11.3 Å². The van der Waals surface area contributed by atoms with Gasteiger partial charge in [-0.1, -0.05) is 6.07 Å². The van der Waals surface area contributed by atoms with E-state index < -0.39 is 0 Å². The van der Waals surface area contributed by atoms with Gasteiger partial charge in [0.1, 0.15) is 11.5 Å². The highest BCUT2D eigenvalue weighted by molar-refractivity contribution is 7.12. The molecule has 0 aromatic carbocycles. The van der Waals surface area contributed by atoms with Crippen molar-refractivity contribution in [2.24, 2.45) is 7.05 Å². The second-order valence-corrected chi connectivity index (χ2v) is 7.28. The van der Waals surface area contributed by atoms with Gasteiger partial charge in [0.05, 0.1) is 4.88 Å². The number of rotatable bonds is 3. The van der Waals surface area contributed by atoms with Gasteiger partial charge in [0.2, 0.25) is 0 Å². The molecule has 4 rings (SSSR count). The van der Waals surface area contributed by atoms with Crippen molar-refractivity contribution in [2.45, 2.75) is 19.3 Å². The van der Waals surface area contributed by atoms with Crippen LogP contribution in [0.25, 0.3) is 11.5 Å². The third-order valence-electron chi connectivity index (χ3n) is 4.49. The zero-order valence-electron chi connectivity index (χ0n) is 14.2. The summed E-state index contributed by atoms with van der Waals surface area (Å²) in [6.45, 7) is 3.39. The number of hydrogen-bond donors (Lipinski definition) is 0. The summed E-state index contributed by atoms with van der Waals surface area (Å²) in [4.78, 5) is 29.0. The Morgan fingerprint density at radius 1 is 1.36 bits per heavy atom. The van der Waals surface area contributed by atoms with Gasteiger partial charge in [0.15, 0.2) is 5.82 Å². The molecule has 7 heteroatoms. The van der Waals surface area contributed by atoms with Crippen LogP contribution in [-0.2, 0) is 7.05 Å². The summed E-state index contributed by atoms with van der Waals surface area (Å²) in [7, 11) is 1.95. The highest BCUT2D eigenvalue weighted by Crippen LogP contribution is 2.28. The van der Waals surface area contributed by atoms with Crippen LogP contribution in [0.4, 0.5) is 0 Å². The van der Waals surface area contributed by atoms with Crippen molar-refractivity contribution in [3.63, 3.8) is 0 Å². The third-order valence-corrected chi connectivity index (χ3v) is 5.35. The summed E-state index contributed by atoms with van der Waals surface area (Å²) in [5.74, 6) is 1.91. The van der Waals surface area contributed by atoms with Crippen molar-refractivity contribution in [3.8, 4) is 11.5 Å². The number of hydrogen-bond acceptors (Lipinski definition) is 5. The molecule has 1 atom stereocenters. The Balaban J connectivity index is 1.58. The third kappa shape index (κ3) is 3.07. The normalized spacial score (nSPS) is 17.2. The molecule has 0 spiro atoms. The predicted molar refractivity (Wildman–Crippen MR) is 96.6 cm³/mol. The van der Waals surface area contributed by atoms with E-state index in [0.717, 1.165) is 40.9 Å². The van der Waals surface area contributed by atoms with E-state index in [1.54, 1.807) is 6.20 Å². The summed E-state index contributed by atoms with van der Waals surface area (Å²) in [5.41, 5.74) is 1.75. The SMILES string of the molecule is Cc1cc(-c2nccn2C)nc(C2CCN(C(=O)c3cccs3)C2)n1. The highest BCUT2D eigenvalue weighted by Gasteiger charge is 2.30. The zero-order chi connectivity index (χ0) is 17.4. The molecule has 1 aliphatic heterocycles. The maximum Gasteiger partial charge on any atom is 0.263 e. The van der Waals surface area contributed by atoms with Crippen LogP contribution in [0.3, 0.4) is 0 Å². The van der Waals surface area contributed by atoms with Crippen LogP contribution in [0.2, 0.25) is 0 Å². The molecular formula is C18H19N5OS. The van der Waals surface area contributed by atoms with Crippen molar-refractivity contribution in [1.29, 1.82) is 0 Å². The van der Waals surface area contributed by atoms with Gasteiger partial charge in [-0.05, 0) is 30.9 Å². The Labute approximate surface area is 150 Å². The minimum absolute atomic E-state index is 0.106. The first kappa shape index (κ1) is 16.0. The van der Waals surface area contributed by atoms with E-state index in [-0.39, 0.29) is 11.8 Å². The van der Waals surface area contributed by atoms with E-state index >= 15 is 0 Å². The van der Waals surface area contributed by atoms with Crippen LogP contribution in [-0.4, -0.2) is 43.4 Å². The van der Waals surface area contributed by atoms with Crippen LogP contribution in [0.15, 0.2) is 36.0 Å². The number of carbonyl (C=O) groups is 1. The second-order valence-electron chi connectivity index (χ2n) is 6.33. The smallest absolute Gasteiger partial charge is 0.263 e. The fraction of sp³-hybridized carbons (Fsp3) is 0.333. The quantitative estimate of drug-likeness (QED) is 0.726. The van der Waals surface area contributed by atoms with E-state index in [4.69, 9.17) is 4.98 Å². The van der Waals surface area contributed by atoms with Crippen LogP contribution in [0, 0.1) is 6.92 Å². The molecule has 3 aromatic heterocycles. The molecule has 1 unspecified atom stereocenters. The molecule has 0 aliphatic carbocycles. The van der Waals surface area contributed by atoms with E-state index in [1.807, 2.05) is 53.2 Å². The monoisotopic (exact) mass is 353 g/mol. The highest BCUT2D eigenvalue weighted by atomic mass is 32.1. The van der Waals surface area contributed by atoms with Gasteiger partial charge >= 0.3 is 0 Å². The van der Waals surface area contributed by atoms with Crippen molar-refractivity contribution in [1.82, 2.24) is 24.4 Å². The number of amides is 1. The van der Waals surface area contributed by atoms with Crippen molar-refractivity contribution in [2.75, 3.05) is 13.1 Å². The first-order valence-corrected chi connectivity index (χ1v) is 9.16. The molecule has 1 fully saturated rings. The number of aromatic nitrogens is 4. The molecule has 1 saturated heterocycles. The lowest BCUT2D eigenvalue weighted by Crippen LogP contribution is -2.28. The van der Waals surface area contributed by atoms with Gasteiger partial charge in [-0.25, -0.2) is 15.0 Å². The van der Waals surface area contributed by atoms with E-state index in [9.17, 15) is 4.79 Å². The molecule has 25 heavy (non-hydrogen) atoms. The molecule has 128 valence electrons. The summed E-state index contributed by atoms with van der Waals surface area (Å²) >= 11 is 1.49. The van der Waals surface area contributed by atoms with Crippen molar-refractivity contribution < 1.29 is 4.79 Å². The van der Waals surface area contributed by atoms with Gasteiger partial charge < -0.3 is 9.47 Å². The molecule has 1 amide bonds. The molecule has 0 bridgehead atoms. The van der Waals surface area contributed by atoms with Gasteiger partial charge in [0, 0.05) is 44.1 Å².